The van der Waals surface area contributed by atoms with Gasteiger partial charge in [0.05, 0.1) is 44.4 Å². The van der Waals surface area contributed by atoms with Crippen LogP contribution in [-0.4, -0.2) is 94.9 Å². The fraction of sp³-hybridized carbons (Fsp3) is 0.500. The Morgan fingerprint density at radius 2 is 1.61 bits per heavy atom. The first-order valence-electron chi connectivity index (χ1n) is 17.2. The number of H-pyrrole nitrogens is 2. The lowest BCUT2D eigenvalue weighted by Gasteiger charge is -2.30. The van der Waals surface area contributed by atoms with Gasteiger partial charge in [0.15, 0.2) is 0 Å². The number of hydrogen-bond donors (Lipinski definition) is 5. The summed E-state index contributed by atoms with van der Waals surface area (Å²) >= 11 is 0. The number of carbonyl (C=O) groups is 4. The molecule has 3 aromatic rings. The third-order valence-corrected chi connectivity index (χ3v) is 9.22. The van der Waals surface area contributed by atoms with Crippen molar-refractivity contribution in [3.8, 4) is 23.1 Å². The number of nitrogens with zero attached hydrogens (tertiary/aromatic N) is 3. The fourth-order valence-corrected chi connectivity index (χ4v) is 6.34. The van der Waals surface area contributed by atoms with Gasteiger partial charge in [-0.25, -0.2) is 19.6 Å². The zero-order valence-corrected chi connectivity index (χ0v) is 29.6. The first kappa shape index (κ1) is 36.9. The van der Waals surface area contributed by atoms with Crippen LogP contribution in [0.15, 0.2) is 36.7 Å². The van der Waals surface area contributed by atoms with Crippen molar-refractivity contribution in [3.63, 3.8) is 0 Å². The number of aromatic nitrogens is 4. The monoisotopic (exact) mass is 702 g/mol. The molecule has 15 nitrogen and oxygen atoms in total. The molecule has 1 aromatic carbocycles. The van der Waals surface area contributed by atoms with Crippen molar-refractivity contribution in [1.29, 1.82) is 0 Å². The van der Waals surface area contributed by atoms with Crippen molar-refractivity contribution in [2.45, 2.75) is 70.6 Å². The van der Waals surface area contributed by atoms with Gasteiger partial charge in [-0.05, 0) is 68.1 Å². The Kier molecular flexibility index (Phi) is 12.3. The number of rotatable bonds is 10. The zero-order chi connectivity index (χ0) is 36.5. The van der Waals surface area contributed by atoms with Crippen LogP contribution in [0.2, 0.25) is 0 Å². The Bertz CT molecular complexity index is 1730. The summed E-state index contributed by atoms with van der Waals surface area (Å²) in [6, 6.07) is 5.53. The summed E-state index contributed by atoms with van der Waals surface area (Å²) in [7, 11) is 2.54. The molecule has 4 atom stereocenters. The summed E-state index contributed by atoms with van der Waals surface area (Å²) in [5.74, 6) is 6.84. The van der Waals surface area contributed by atoms with Gasteiger partial charge in [-0.3, -0.25) is 9.59 Å². The van der Waals surface area contributed by atoms with E-state index in [0.717, 1.165) is 29.7 Å². The maximum Gasteiger partial charge on any atom is 0.407 e. The first-order chi connectivity index (χ1) is 24.6. The van der Waals surface area contributed by atoms with Crippen LogP contribution >= 0.6 is 0 Å². The molecule has 15 heteroatoms. The molecule has 5 N–H and O–H groups in total. The van der Waals surface area contributed by atoms with Gasteiger partial charge in [0, 0.05) is 25.3 Å². The number of aromatic amines is 2. The molecule has 2 aliphatic heterocycles. The Balaban J connectivity index is 1.20. The number of imidazole rings is 2. The number of nitrogens with one attached hydrogen (secondary N) is 5. The van der Waals surface area contributed by atoms with Crippen molar-refractivity contribution in [2.24, 2.45) is 11.8 Å². The highest BCUT2D eigenvalue weighted by Gasteiger charge is 2.37. The minimum absolute atomic E-state index is 0.0664. The highest BCUT2D eigenvalue weighted by atomic mass is 16.5. The third-order valence-electron chi connectivity index (χ3n) is 9.22. The largest absolute Gasteiger partial charge is 0.453 e. The van der Waals surface area contributed by atoms with E-state index >= 15 is 0 Å². The van der Waals surface area contributed by atoms with Crippen LogP contribution in [0.5, 0.6) is 0 Å². The molecule has 4 heterocycles. The van der Waals surface area contributed by atoms with Gasteiger partial charge < -0.3 is 45.0 Å². The van der Waals surface area contributed by atoms with E-state index in [-0.39, 0.29) is 29.7 Å². The number of benzene rings is 1. The molecule has 0 bridgehead atoms. The minimum atomic E-state index is -0.749. The molecule has 272 valence electrons. The van der Waals surface area contributed by atoms with E-state index in [2.05, 4.69) is 47.7 Å². The smallest absolute Gasteiger partial charge is 0.407 e. The minimum Gasteiger partial charge on any atom is -0.453 e. The molecule has 2 saturated heterocycles. The van der Waals surface area contributed by atoms with Gasteiger partial charge in [-0.2, -0.15) is 0 Å². The molecule has 2 aliphatic rings. The molecule has 2 aromatic heterocycles. The third kappa shape index (κ3) is 9.26. The van der Waals surface area contributed by atoms with Crippen molar-refractivity contribution in [2.75, 3.05) is 34.0 Å². The molecule has 4 amide bonds. The van der Waals surface area contributed by atoms with Crippen LogP contribution < -0.4 is 16.0 Å². The summed E-state index contributed by atoms with van der Waals surface area (Å²) < 4.78 is 14.9. The Hall–Kier alpha value is -5.36. The van der Waals surface area contributed by atoms with Gasteiger partial charge >= 0.3 is 12.2 Å². The highest BCUT2D eigenvalue weighted by molar-refractivity contribution is 5.87. The molecule has 2 fully saturated rings. The number of alkyl carbamates (subject to hydrolysis) is 2. The maximum absolute atomic E-state index is 13.4. The second-order valence-corrected chi connectivity index (χ2v) is 13.0. The van der Waals surface area contributed by atoms with Gasteiger partial charge in [-0.1, -0.05) is 31.9 Å². The number of methoxy groups -OCH3 is 2. The van der Waals surface area contributed by atoms with E-state index in [1.807, 2.05) is 45.0 Å². The average Bonchev–Trinajstić information content (AvgIpc) is 3.93. The number of amides is 4. The van der Waals surface area contributed by atoms with Crippen LogP contribution in [0.3, 0.4) is 0 Å². The summed E-state index contributed by atoms with van der Waals surface area (Å²) in [6.45, 7) is 7.22. The van der Waals surface area contributed by atoms with E-state index < -0.39 is 30.3 Å². The van der Waals surface area contributed by atoms with Crippen LogP contribution in [0.25, 0.3) is 11.3 Å². The summed E-state index contributed by atoms with van der Waals surface area (Å²) in [5, 5.41) is 8.31. The van der Waals surface area contributed by atoms with Gasteiger partial charge in [0.25, 0.3) is 0 Å². The summed E-state index contributed by atoms with van der Waals surface area (Å²) in [4.78, 5) is 67.8. The lowest BCUT2D eigenvalue weighted by molar-refractivity contribution is -0.135. The maximum atomic E-state index is 13.4. The number of ether oxygens (including phenoxy) is 3. The SMILES string of the molecule is COC(=O)N[C@H](C(=O)N1CCC[C@H]1c1ncc(C#Cc2ccc(-c3cnc([C@H](C)NC(=O)[C@@H](NC(=O)OC)C4CCOCC4)[nH]3)cc2)[nH]1)C(C)C. The number of carbonyl (C=O) groups excluding carboxylic acids is 4. The van der Waals surface area contributed by atoms with Gasteiger partial charge in [0.1, 0.15) is 29.4 Å². The molecule has 0 aliphatic carbocycles. The quantitative estimate of drug-likeness (QED) is 0.197. The van der Waals surface area contributed by atoms with Crippen molar-refractivity contribution < 1.29 is 33.4 Å². The fourth-order valence-electron chi connectivity index (χ4n) is 6.34. The molecule has 0 radical (unpaired) electrons. The second kappa shape index (κ2) is 17.0. The summed E-state index contributed by atoms with van der Waals surface area (Å²) in [6.07, 6.45) is 4.96. The van der Waals surface area contributed by atoms with Crippen LogP contribution in [-0.2, 0) is 23.8 Å². The lowest BCUT2D eigenvalue weighted by Crippen LogP contribution is -2.52. The molecule has 5 rings (SSSR count). The topological polar surface area (TPSA) is 193 Å². The van der Waals surface area contributed by atoms with E-state index in [1.54, 1.807) is 17.3 Å². The van der Waals surface area contributed by atoms with Crippen molar-refractivity contribution in [1.82, 2.24) is 40.8 Å². The predicted octanol–water partition coefficient (Wildman–Crippen LogP) is 3.57. The standard InChI is InChI=1S/C36H46N8O7/c1-21(2)29(42-35(47)49-4)34(46)44-16-6-7-28(44)32-37-19-26(40-32)13-10-23-8-11-24(12-9-23)27-20-38-31(41-27)22(3)39-33(45)30(43-36(48)50-5)25-14-17-51-18-15-25/h8-9,11-12,19-22,25,28-30H,6-7,14-18H2,1-5H3,(H,37,40)(H,38,41)(H,39,45)(H,42,47)(H,43,48)/t22-,28-,29-,30-/m0/s1. The van der Waals surface area contributed by atoms with Crippen molar-refractivity contribution >= 4 is 24.0 Å². The lowest BCUT2D eigenvalue weighted by atomic mass is 9.91. The predicted molar refractivity (Wildman–Crippen MR) is 186 cm³/mol. The molecule has 0 spiro atoms. The van der Waals surface area contributed by atoms with Crippen LogP contribution in [0.4, 0.5) is 9.59 Å². The van der Waals surface area contributed by atoms with E-state index in [0.29, 0.717) is 49.9 Å². The first-order valence-corrected chi connectivity index (χ1v) is 17.2. The second-order valence-electron chi connectivity index (χ2n) is 13.0. The highest BCUT2D eigenvalue weighted by Crippen LogP contribution is 2.31. The molecule has 0 unspecified atom stereocenters. The van der Waals surface area contributed by atoms with E-state index in [1.165, 1.54) is 14.2 Å². The van der Waals surface area contributed by atoms with Crippen molar-refractivity contribution in [3.05, 3.63) is 59.6 Å². The van der Waals surface area contributed by atoms with Gasteiger partial charge in [-0.15, -0.1) is 0 Å². The van der Waals surface area contributed by atoms with Crippen LogP contribution in [0.1, 0.15) is 81.4 Å². The molecule has 51 heavy (non-hydrogen) atoms. The molecular formula is C36H46N8O7. The normalized spacial score (nSPS) is 17.8. The zero-order valence-electron chi connectivity index (χ0n) is 29.6. The van der Waals surface area contributed by atoms with E-state index in [9.17, 15) is 19.2 Å². The van der Waals surface area contributed by atoms with E-state index in [4.69, 9.17) is 14.2 Å². The number of hydrogen-bond acceptors (Lipinski definition) is 9. The Morgan fingerprint density at radius 3 is 2.29 bits per heavy atom. The average molecular weight is 703 g/mol. The van der Waals surface area contributed by atoms with Crippen LogP contribution in [0, 0.1) is 23.7 Å². The summed E-state index contributed by atoms with van der Waals surface area (Å²) in [5.41, 5.74) is 3.08. The molecule has 0 saturated carbocycles. The Labute approximate surface area is 297 Å². The van der Waals surface area contributed by atoms with Gasteiger partial charge in [0.2, 0.25) is 11.8 Å². The molecular weight excluding hydrogens is 656 g/mol. The number of likely N-dealkylation sites (tertiary alicyclic amines) is 1. The Morgan fingerprint density at radius 1 is 0.902 bits per heavy atom.